The van der Waals surface area contributed by atoms with Gasteiger partial charge in [-0.25, -0.2) is 0 Å². The van der Waals surface area contributed by atoms with Crippen molar-refractivity contribution in [2.75, 3.05) is 20.3 Å². The first-order valence-electron chi connectivity index (χ1n) is 10.6. The molecular weight excluding hydrogens is 392 g/mol. The zero-order valence-corrected chi connectivity index (χ0v) is 19.4. The standard InChI is InChI=1S/C25H34N2O4/c1-17(2)14-26-25(29)20(5)27(15-21-8-7-9-22(13-21)30-6)24(28)16-31-23-12-18(3)10-11-19(23)4/h7-13,17,20H,14-16H2,1-6H3,(H,26,29). The molecule has 2 aromatic carbocycles. The number of methoxy groups -OCH3 is 1. The van der Waals surface area contributed by atoms with Gasteiger partial charge in [0.2, 0.25) is 5.91 Å². The van der Waals surface area contributed by atoms with Crippen LogP contribution in [0.25, 0.3) is 0 Å². The summed E-state index contributed by atoms with van der Waals surface area (Å²) >= 11 is 0. The third-order valence-electron chi connectivity index (χ3n) is 5.03. The molecule has 0 bridgehead atoms. The fourth-order valence-corrected chi connectivity index (χ4v) is 3.09. The number of nitrogens with one attached hydrogen (secondary N) is 1. The highest BCUT2D eigenvalue weighted by Crippen LogP contribution is 2.20. The van der Waals surface area contributed by atoms with Crippen LogP contribution in [-0.4, -0.2) is 43.0 Å². The molecule has 6 nitrogen and oxygen atoms in total. The molecule has 2 amide bonds. The van der Waals surface area contributed by atoms with Crippen molar-refractivity contribution < 1.29 is 19.1 Å². The SMILES string of the molecule is COc1cccc(CN(C(=O)COc2cc(C)ccc2C)C(C)C(=O)NCC(C)C)c1. The minimum atomic E-state index is -0.639. The van der Waals surface area contributed by atoms with Crippen LogP contribution in [-0.2, 0) is 16.1 Å². The number of aryl methyl sites for hydroxylation is 2. The van der Waals surface area contributed by atoms with Crippen molar-refractivity contribution in [1.82, 2.24) is 10.2 Å². The van der Waals surface area contributed by atoms with Crippen LogP contribution in [0.3, 0.4) is 0 Å². The quantitative estimate of drug-likeness (QED) is 0.626. The van der Waals surface area contributed by atoms with Crippen molar-refractivity contribution in [2.24, 2.45) is 5.92 Å². The van der Waals surface area contributed by atoms with Crippen molar-refractivity contribution in [3.05, 3.63) is 59.2 Å². The second kappa shape index (κ2) is 11.4. The highest BCUT2D eigenvalue weighted by molar-refractivity contribution is 5.88. The molecule has 0 aliphatic rings. The Labute approximate surface area is 185 Å². The third kappa shape index (κ3) is 7.31. The predicted molar refractivity (Wildman–Crippen MR) is 122 cm³/mol. The molecule has 168 valence electrons. The average molecular weight is 427 g/mol. The van der Waals surface area contributed by atoms with Crippen molar-refractivity contribution in [3.63, 3.8) is 0 Å². The molecule has 6 heteroatoms. The molecule has 0 aliphatic heterocycles. The van der Waals surface area contributed by atoms with Crippen LogP contribution in [0.1, 0.15) is 37.5 Å². The molecule has 0 aliphatic carbocycles. The van der Waals surface area contributed by atoms with Gasteiger partial charge in [0.05, 0.1) is 7.11 Å². The Morgan fingerprint density at radius 1 is 1.06 bits per heavy atom. The van der Waals surface area contributed by atoms with Gasteiger partial charge in [0.1, 0.15) is 17.5 Å². The Morgan fingerprint density at radius 3 is 2.48 bits per heavy atom. The van der Waals surface area contributed by atoms with Gasteiger partial charge >= 0.3 is 0 Å². The largest absolute Gasteiger partial charge is 0.497 e. The Bertz CT molecular complexity index is 895. The summed E-state index contributed by atoms with van der Waals surface area (Å²) in [5.74, 6) is 1.26. The normalized spacial score (nSPS) is 11.7. The lowest BCUT2D eigenvalue weighted by atomic mass is 10.1. The van der Waals surface area contributed by atoms with Gasteiger partial charge in [-0.2, -0.15) is 0 Å². The van der Waals surface area contributed by atoms with E-state index in [2.05, 4.69) is 5.32 Å². The molecule has 1 N–H and O–H groups in total. The monoisotopic (exact) mass is 426 g/mol. The summed E-state index contributed by atoms with van der Waals surface area (Å²) in [6, 6.07) is 12.7. The third-order valence-corrected chi connectivity index (χ3v) is 5.03. The van der Waals surface area contributed by atoms with E-state index in [0.29, 0.717) is 24.0 Å². The van der Waals surface area contributed by atoms with E-state index in [1.54, 1.807) is 18.9 Å². The minimum absolute atomic E-state index is 0.143. The lowest BCUT2D eigenvalue weighted by Gasteiger charge is -2.29. The second-order valence-corrected chi connectivity index (χ2v) is 8.25. The number of nitrogens with zero attached hydrogens (tertiary/aromatic N) is 1. The molecule has 2 aromatic rings. The molecule has 0 radical (unpaired) electrons. The molecule has 2 rings (SSSR count). The van der Waals surface area contributed by atoms with Crippen LogP contribution in [0.15, 0.2) is 42.5 Å². The summed E-state index contributed by atoms with van der Waals surface area (Å²) in [5, 5.41) is 2.92. The number of hydrogen-bond donors (Lipinski definition) is 1. The van der Waals surface area contributed by atoms with Gasteiger partial charge in [0.25, 0.3) is 5.91 Å². The van der Waals surface area contributed by atoms with Crippen LogP contribution in [0.2, 0.25) is 0 Å². The van der Waals surface area contributed by atoms with E-state index in [4.69, 9.17) is 9.47 Å². The minimum Gasteiger partial charge on any atom is -0.497 e. The number of benzene rings is 2. The summed E-state index contributed by atoms with van der Waals surface area (Å²) in [4.78, 5) is 27.4. The Hall–Kier alpha value is -3.02. The van der Waals surface area contributed by atoms with E-state index in [1.807, 2.05) is 70.2 Å². The molecule has 0 heterocycles. The zero-order valence-electron chi connectivity index (χ0n) is 19.4. The van der Waals surface area contributed by atoms with Crippen LogP contribution in [0.5, 0.6) is 11.5 Å². The smallest absolute Gasteiger partial charge is 0.261 e. The van der Waals surface area contributed by atoms with Gasteiger partial charge in [-0.3, -0.25) is 9.59 Å². The zero-order chi connectivity index (χ0) is 23.0. The van der Waals surface area contributed by atoms with Crippen LogP contribution in [0, 0.1) is 19.8 Å². The van der Waals surface area contributed by atoms with Gasteiger partial charge in [-0.1, -0.05) is 38.1 Å². The van der Waals surface area contributed by atoms with E-state index in [1.165, 1.54) is 0 Å². The van der Waals surface area contributed by atoms with E-state index >= 15 is 0 Å². The first-order chi connectivity index (χ1) is 14.7. The molecule has 0 saturated heterocycles. The van der Waals surface area contributed by atoms with Crippen LogP contribution < -0.4 is 14.8 Å². The summed E-state index contributed by atoms with van der Waals surface area (Å²) in [6.07, 6.45) is 0. The Balaban J connectivity index is 2.19. The van der Waals surface area contributed by atoms with E-state index < -0.39 is 6.04 Å². The maximum Gasteiger partial charge on any atom is 0.261 e. The maximum atomic E-state index is 13.1. The molecule has 0 saturated carbocycles. The maximum absolute atomic E-state index is 13.1. The van der Waals surface area contributed by atoms with Gasteiger partial charge < -0.3 is 19.7 Å². The Morgan fingerprint density at radius 2 is 1.81 bits per heavy atom. The van der Waals surface area contributed by atoms with Crippen molar-refractivity contribution in [1.29, 1.82) is 0 Å². The summed E-state index contributed by atoms with van der Waals surface area (Å²) in [6.45, 7) is 10.4. The van der Waals surface area contributed by atoms with E-state index in [-0.39, 0.29) is 25.0 Å². The number of amides is 2. The molecule has 31 heavy (non-hydrogen) atoms. The molecular formula is C25H34N2O4. The van der Waals surface area contributed by atoms with E-state index in [9.17, 15) is 9.59 Å². The average Bonchev–Trinajstić information content (AvgIpc) is 2.75. The van der Waals surface area contributed by atoms with Crippen molar-refractivity contribution >= 4 is 11.8 Å². The number of carbonyl (C=O) groups excluding carboxylic acids is 2. The molecule has 0 fully saturated rings. The fraction of sp³-hybridized carbons (Fsp3) is 0.440. The molecule has 0 aromatic heterocycles. The number of carbonyl (C=O) groups is 2. The summed E-state index contributed by atoms with van der Waals surface area (Å²) in [7, 11) is 1.60. The summed E-state index contributed by atoms with van der Waals surface area (Å²) in [5.41, 5.74) is 2.89. The van der Waals surface area contributed by atoms with Gasteiger partial charge in [-0.05, 0) is 61.6 Å². The topological polar surface area (TPSA) is 67.9 Å². The highest BCUT2D eigenvalue weighted by Gasteiger charge is 2.26. The predicted octanol–water partition coefficient (Wildman–Crippen LogP) is 3.88. The van der Waals surface area contributed by atoms with Gasteiger partial charge in [0, 0.05) is 13.1 Å². The van der Waals surface area contributed by atoms with Crippen LogP contribution >= 0.6 is 0 Å². The number of ether oxygens (including phenoxy) is 2. The summed E-state index contributed by atoms with van der Waals surface area (Å²) < 4.78 is 11.1. The fourth-order valence-electron chi connectivity index (χ4n) is 3.09. The molecule has 1 atom stereocenters. The van der Waals surface area contributed by atoms with Crippen molar-refractivity contribution in [3.8, 4) is 11.5 Å². The van der Waals surface area contributed by atoms with E-state index in [0.717, 1.165) is 16.7 Å². The first-order valence-corrected chi connectivity index (χ1v) is 10.6. The lowest BCUT2D eigenvalue weighted by molar-refractivity contribution is -0.142. The highest BCUT2D eigenvalue weighted by atomic mass is 16.5. The lowest BCUT2D eigenvalue weighted by Crippen LogP contribution is -2.49. The molecule has 0 spiro atoms. The van der Waals surface area contributed by atoms with Gasteiger partial charge in [0.15, 0.2) is 6.61 Å². The second-order valence-electron chi connectivity index (χ2n) is 8.25. The van der Waals surface area contributed by atoms with Crippen molar-refractivity contribution in [2.45, 2.75) is 47.2 Å². The Kier molecular flexibility index (Phi) is 8.91. The van der Waals surface area contributed by atoms with Crippen LogP contribution in [0.4, 0.5) is 0 Å². The first kappa shape index (κ1) is 24.3. The number of hydrogen-bond acceptors (Lipinski definition) is 4. The number of rotatable bonds is 10. The molecule has 1 unspecified atom stereocenters. The van der Waals surface area contributed by atoms with Gasteiger partial charge in [-0.15, -0.1) is 0 Å².